The van der Waals surface area contributed by atoms with Crippen LogP contribution in [0.3, 0.4) is 0 Å². The molecule has 1 heterocycles. The fraction of sp³-hybridized carbons (Fsp3) is 0.294. The number of hydrogen-bond donors (Lipinski definition) is 1. The van der Waals surface area contributed by atoms with Gasteiger partial charge in [-0.1, -0.05) is 41.4 Å². The number of urea groups is 1. The number of nitrogens with zero attached hydrogens (tertiary/aromatic N) is 2. The van der Waals surface area contributed by atoms with Crippen LogP contribution in [0.2, 0.25) is 10.0 Å². The van der Waals surface area contributed by atoms with Crippen molar-refractivity contribution in [3.8, 4) is 0 Å². The van der Waals surface area contributed by atoms with Gasteiger partial charge in [-0.05, 0) is 37.1 Å². The van der Waals surface area contributed by atoms with E-state index in [1.807, 2.05) is 38.1 Å². The monoisotopic (exact) mass is 351 g/mol. The Labute approximate surface area is 146 Å². The van der Waals surface area contributed by atoms with E-state index < -0.39 is 0 Å². The zero-order valence-corrected chi connectivity index (χ0v) is 14.6. The van der Waals surface area contributed by atoms with Gasteiger partial charge in [-0.15, -0.1) is 0 Å². The van der Waals surface area contributed by atoms with E-state index in [0.29, 0.717) is 23.1 Å². The summed E-state index contributed by atoms with van der Waals surface area (Å²) in [5, 5.41) is 3.86. The third-order valence-corrected chi connectivity index (χ3v) is 4.05. The minimum atomic E-state index is -0.153. The Balaban J connectivity index is 2.22. The van der Waals surface area contributed by atoms with Crippen LogP contribution >= 0.6 is 23.2 Å². The average Bonchev–Trinajstić information content (AvgIpc) is 2.51. The molecule has 0 unspecified atom stereocenters. The van der Waals surface area contributed by atoms with Crippen molar-refractivity contribution in [2.24, 2.45) is 0 Å². The van der Waals surface area contributed by atoms with Crippen LogP contribution in [0.5, 0.6) is 0 Å². The number of halogens is 2. The van der Waals surface area contributed by atoms with Crippen LogP contribution in [-0.4, -0.2) is 22.0 Å². The summed E-state index contributed by atoms with van der Waals surface area (Å²) in [6.45, 7) is 4.65. The molecule has 0 radical (unpaired) electrons. The van der Waals surface area contributed by atoms with Gasteiger partial charge >= 0.3 is 6.03 Å². The molecular formula is C17H19Cl2N3O. The molecule has 0 aliphatic rings. The van der Waals surface area contributed by atoms with Gasteiger partial charge in [-0.3, -0.25) is 4.98 Å². The Morgan fingerprint density at radius 2 is 2.00 bits per heavy atom. The smallest absolute Gasteiger partial charge is 0.318 e. The van der Waals surface area contributed by atoms with Gasteiger partial charge in [0.1, 0.15) is 0 Å². The Hall–Kier alpha value is -1.78. The van der Waals surface area contributed by atoms with E-state index in [0.717, 1.165) is 11.1 Å². The molecule has 1 aromatic heterocycles. The first-order chi connectivity index (χ1) is 11.0. The van der Waals surface area contributed by atoms with Gasteiger partial charge in [0, 0.05) is 31.5 Å². The molecule has 0 saturated carbocycles. The molecule has 4 nitrogen and oxygen atoms in total. The summed E-state index contributed by atoms with van der Waals surface area (Å²) in [6.07, 6.45) is 3.45. The summed E-state index contributed by atoms with van der Waals surface area (Å²) < 4.78 is 0. The molecule has 0 saturated heterocycles. The lowest BCUT2D eigenvalue weighted by Crippen LogP contribution is -2.42. The number of amides is 2. The van der Waals surface area contributed by atoms with Crippen molar-refractivity contribution in [3.63, 3.8) is 0 Å². The summed E-state index contributed by atoms with van der Waals surface area (Å²) in [5.74, 6) is 0. The van der Waals surface area contributed by atoms with Crippen LogP contribution in [0.4, 0.5) is 4.79 Å². The SMILES string of the molecule is CC(C)NC(=O)N(Cc1cccnc1)Cc1cccc(Cl)c1Cl. The fourth-order valence-electron chi connectivity index (χ4n) is 2.13. The van der Waals surface area contributed by atoms with Gasteiger partial charge in [0.2, 0.25) is 0 Å². The number of carbonyl (C=O) groups excluding carboxylic acids is 1. The van der Waals surface area contributed by atoms with Crippen molar-refractivity contribution in [1.82, 2.24) is 15.2 Å². The van der Waals surface area contributed by atoms with Crippen molar-refractivity contribution < 1.29 is 4.79 Å². The normalized spacial score (nSPS) is 10.7. The molecule has 23 heavy (non-hydrogen) atoms. The van der Waals surface area contributed by atoms with Crippen LogP contribution in [0.25, 0.3) is 0 Å². The van der Waals surface area contributed by atoms with E-state index in [4.69, 9.17) is 23.2 Å². The molecular weight excluding hydrogens is 333 g/mol. The molecule has 0 bridgehead atoms. The zero-order valence-electron chi connectivity index (χ0n) is 13.1. The maximum Gasteiger partial charge on any atom is 0.318 e. The maximum atomic E-state index is 12.5. The Kier molecular flexibility index (Phi) is 6.25. The quantitative estimate of drug-likeness (QED) is 0.861. The number of hydrogen-bond acceptors (Lipinski definition) is 2. The van der Waals surface area contributed by atoms with Crippen LogP contribution in [0, 0.1) is 0 Å². The molecule has 122 valence electrons. The van der Waals surface area contributed by atoms with Gasteiger partial charge in [-0.2, -0.15) is 0 Å². The second-order valence-electron chi connectivity index (χ2n) is 5.53. The lowest BCUT2D eigenvalue weighted by molar-refractivity contribution is 0.189. The molecule has 0 spiro atoms. The number of carbonyl (C=O) groups is 1. The summed E-state index contributed by atoms with van der Waals surface area (Å²) in [4.78, 5) is 18.3. The minimum Gasteiger partial charge on any atom is -0.336 e. The molecule has 0 atom stereocenters. The highest BCUT2D eigenvalue weighted by molar-refractivity contribution is 6.42. The number of nitrogens with one attached hydrogen (secondary N) is 1. The Morgan fingerprint density at radius 3 is 2.65 bits per heavy atom. The Bertz CT molecular complexity index is 662. The number of aromatic nitrogens is 1. The van der Waals surface area contributed by atoms with Gasteiger partial charge in [0.05, 0.1) is 10.0 Å². The van der Waals surface area contributed by atoms with E-state index >= 15 is 0 Å². The van der Waals surface area contributed by atoms with Crippen molar-refractivity contribution >= 4 is 29.2 Å². The second-order valence-corrected chi connectivity index (χ2v) is 6.32. The molecule has 0 aliphatic heterocycles. The fourth-order valence-corrected chi connectivity index (χ4v) is 2.51. The predicted octanol–water partition coefficient (Wildman–Crippen LogP) is 4.51. The number of benzene rings is 1. The molecule has 2 aromatic rings. The average molecular weight is 352 g/mol. The number of pyridine rings is 1. The highest BCUT2D eigenvalue weighted by Gasteiger charge is 2.17. The van der Waals surface area contributed by atoms with E-state index in [9.17, 15) is 4.79 Å². The van der Waals surface area contributed by atoms with Crippen LogP contribution in [0.15, 0.2) is 42.7 Å². The standard InChI is InChI=1S/C17H19Cl2N3O/c1-12(2)21-17(23)22(10-13-5-4-8-20-9-13)11-14-6-3-7-15(18)16(14)19/h3-9,12H,10-11H2,1-2H3,(H,21,23). The summed E-state index contributed by atoms with van der Waals surface area (Å²) >= 11 is 12.3. The molecule has 2 rings (SSSR count). The van der Waals surface area contributed by atoms with Gasteiger partial charge in [0.25, 0.3) is 0 Å². The third-order valence-electron chi connectivity index (χ3n) is 3.19. The van der Waals surface area contributed by atoms with Gasteiger partial charge < -0.3 is 10.2 Å². The van der Waals surface area contributed by atoms with Crippen molar-refractivity contribution in [3.05, 3.63) is 63.9 Å². The maximum absolute atomic E-state index is 12.5. The van der Waals surface area contributed by atoms with E-state index in [2.05, 4.69) is 10.3 Å². The van der Waals surface area contributed by atoms with E-state index in [-0.39, 0.29) is 12.1 Å². The molecule has 0 fully saturated rings. The largest absolute Gasteiger partial charge is 0.336 e. The lowest BCUT2D eigenvalue weighted by Gasteiger charge is -2.25. The highest BCUT2D eigenvalue weighted by atomic mass is 35.5. The minimum absolute atomic E-state index is 0.0498. The van der Waals surface area contributed by atoms with Crippen molar-refractivity contribution in [2.75, 3.05) is 0 Å². The zero-order chi connectivity index (χ0) is 16.8. The molecule has 1 aromatic carbocycles. The predicted molar refractivity (Wildman–Crippen MR) is 93.6 cm³/mol. The van der Waals surface area contributed by atoms with Crippen LogP contribution in [-0.2, 0) is 13.1 Å². The first kappa shape index (κ1) is 17.6. The van der Waals surface area contributed by atoms with Crippen molar-refractivity contribution in [1.29, 1.82) is 0 Å². The number of rotatable bonds is 5. The summed E-state index contributed by atoms with van der Waals surface area (Å²) in [6, 6.07) is 9.10. The summed E-state index contributed by atoms with van der Waals surface area (Å²) in [5.41, 5.74) is 1.76. The van der Waals surface area contributed by atoms with Crippen molar-refractivity contribution in [2.45, 2.75) is 33.0 Å². The Morgan fingerprint density at radius 1 is 1.22 bits per heavy atom. The molecule has 2 amide bonds. The highest BCUT2D eigenvalue weighted by Crippen LogP contribution is 2.27. The molecule has 0 aliphatic carbocycles. The molecule has 1 N–H and O–H groups in total. The first-order valence-electron chi connectivity index (χ1n) is 7.34. The van der Waals surface area contributed by atoms with Crippen LogP contribution in [0.1, 0.15) is 25.0 Å². The van der Waals surface area contributed by atoms with Gasteiger partial charge in [-0.25, -0.2) is 4.79 Å². The first-order valence-corrected chi connectivity index (χ1v) is 8.10. The topological polar surface area (TPSA) is 45.2 Å². The lowest BCUT2D eigenvalue weighted by atomic mass is 10.2. The van der Waals surface area contributed by atoms with E-state index in [1.165, 1.54) is 0 Å². The van der Waals surface area contributed by atoms with Gasteiger partial charge in [0.15, 0.2) is 0 Å². The third kappa shape index (κ3) is 5.12. The molecule has 6 heteroatoms. The van der Waals surface area contributed by atoms with Crippen LogP contribution < -0.4 is 5.32 Å². The second kappa shape index (κ2) is 8.18. The van der Waals surface area contributed by atoms with E-state index in [1.54, 1.807) is 23.4 Å². The summed E-state index contributed by atoms with van der Waals surface area (Å²) in [7, 11) is 0.